The Hall–Kier alpha value is -3.64. The number of hydrogen-bond acceptors (Lipinski definition) is 5. The van der Waals surface area contributed by atoms with Crippen molar-refractivity contribution in [3.8, 4) is 16.9 Å². The Bertz CT molecular complexity index is 1310. The number of nitrogens with zero attached hydrogens (tertiary/aromatic N) is 3. The highest BCUT2D eigenvalue weighted by molar-refractivity contribution is 7.14. The standard InChI is InChI=1S/C19H12ClF3N6O2S/c20-10-1-3-11(4-2-10)29-15(19(21,22)23)12(7-26-29)17(31)28-18-27-14(8-32-18)9-5-13(16(24)30)25-6-9/h1-8,25H,(H2,24,30)(H,27,28,31). The Kier molecular flexibility index (Phi) is 5.48. The number of thiazole rings is 1. The molecule has 4 aromatic rings. The lowest BCUT2D eigenvalue weighted by atomic mass is 10.2. The van der Waals surface area contributed by atoms with Gasteiger partial charge in [-0.3, -0.25) is 14.9 Å². The molecule has 3 heterocycles. The van der Waals surface area contributed by atoms with E-state index in [4.69, 9.17) is 17.3 Å². The third-order valence-electron chi connectivity index (χ3n) is 4.32. The van der Waals surface area contributed by atoms with Crippen molar-refractivity contribution < 1.29 is 22.8 Å². The minimum atomic E-state index is -4.85. The van der Waals surface area contributed by atoms with E-state index in [0.29, 0.717) is 21.0 Å². The molecule has 4 rings (SSSR count). The molecule has 0 radical (unpaired) electrons. The van der Waals surface area contributed by atoms with E-state index in [1.807, 2.05) is 0 Å². The van der Waals surface area contributed by atoms with Gasteiger partial charge >= 0.3 is 6.18 Å². The van der Waals surface area contributed by atoms with Crippen molar-refractivity contribution >= 4 is 39.9 Å². The maximum atomic E-state index is 13.8. The zero-order valence-electron chi connectivity index (χ0n) is 15.8. The highest BCUT2D eigenvalue weighted by Crippen LogP contribution is 2.34. The van der Waals surface area contributed by atoms with Crippen molar-refractivity contribution in [3.63, 3.8) is 0 Å². The molecule has 0 aliphatic rings. The number of carbonyl (C=O) groups is 2. The van der Waals surface area contributed by atoms with Crippen molar-refractivity contribution in [1.29, 1.82) is 0 Å². The number of aromatic nitrogens is 4. The van der Waals surface area contributed by atoms with Gasteiger partial charge in [0.05, 0.1) is 23.1 Å². The predicted octanol–water partition coefficient (Wildman–Crippen LogP) is 4.35. The lowest BCUT2D eigenvalue weighted by Gasteiger charge is -2.12. The number of nitrogens with one attached hydrogen (secondary N) is 2. The first kappa shape index (κ1) is 21.6. The van der Waals surface area contributed by atoms with Crippen LogP contribution in [0.5, 0.6) is 0 Å². The van der Waals surface area contributed by atoms with Crippen LogP contribution in [-0.2, 0) is 6.18 Å². The minimum Gasteiger partial charge on any atom is -0.364 e. The van der Waals surface area contributed by atoms with Crippen LogP contribution in [0, 0.1) is 0 Å². The molecular weight excluding hydrogens is 469 g/mol. The SMILES string of the molecule is NC(=O)c1cc(-c2csc(NC(=O)c3cnn(-c4ccc(Cl)cc4)c3C(F)(F)F)n2)c[nH]1. The maximum Gasteiger partial charge on any atom is 0.434 e. The third-order valence-corrected chi connectivity index (χ3v) is 5.33. The zero-order valence-corrected chi connectivity index (χ0v) is 17.3. The second-order valence-electron chi connectivity index (χ2n) is 6.45. The molecule has 0 spiro atoms. The number of carbonyl (C=O) groups excluding carboxylic acids is 2. The lowest BCUT2D eigenvalue weighted by Crippen LogP contribution is -2.20. The number of nitrogens with two attached hydrogens (primary N) is 1. The summed E-state index contributed by atoms with van der Waals surface area (Å²) in [7, 11) is 0. The molecule has 0 saturated carbocycles. The van der Waals surface area contributed by atoms with Gasteiger partial charge < -0.3 is 10.7 Å². The van der Waals surface area contributed by atoms with Crippen molar-refractivity contribution in [3.05, 3.63) is 70.1 Å². The summed E-state index contributed by atoms with van der Waals surface area (Å²) in [6, 6.07) is 7.02. The number of amides is 2. The predicted molar refractivity (Wildman–Crippen MR) is 112 cm³/mol. The van der Waals surface area contributed by atoms with Gasteiger partial charge in [0.1, 0.15) is 5.69 Å². The summed E-state index contributed by atoms with van der Waals surface area (Å²) >= 11 is 6.80. The van der Waals surface area contributed by atoms with Crippen LogP contribution < -0.4 is 11.1 Å². The molecule has 0 atom stereocenters. The van der Waals surface area contributed by atoms with Gasteiger partial charge in [-0.15, -0.1) is 11.3 Å². The molecule has 1 aromatic carbocycles. The summed E-state index contributed by atoms with van der Waals surface area (Å²) in [6.07, 6.45) is -2.52. The maximum absolute atomic E-state index is 13.8. The van der Waals surface area contributed by atoms with Gasteiger partial charge in [-0.2, -0.15) is 18.3 Å². The number of rotatable bonds is 5. The number of anilines is 1. The lowest BCUT2D eigenvalue weighted by molar-refractivity contribution is -0.143. The molecule has 0 unspecified atom stereocenters. The van der Waals surface area contributed by atoms with Crippen molar-refractivity contribution in [2.45, 2.75) is 6.18 Å². The summed E-state index contributed by atoms with van der Waals surface area (Å²) in [5, 5.41) is 8.09. The Labute approximate surface area is 186 Å². The fourth-order valence-electron chi connectivity index (χ4n) is 2.88. The van der Waals surface area contributed by atoms with E-state index in [1.165, 1.54) is 36.5 Å². The normalized spacial score (nSPS) is 11.5. The minimum absolute atomic E-state index is 0.0687. The van der Waals surface area contributed by atoms with Crippen molar-refractivity contribution in [2.24, 2.45) is 5.73 Å². The van der Waals surface area contributed by atoms with E-state index in [1.54, 1.807) is 5.38 Å². The first-order chi connectivity index (χ1) is 15.1. The number of benzene rings is 1. The largest absolute Gasteiger partial charge is 0.434 e. The molecule has 3 aromatic heterocycles. The van der Waals surface area contributed by atoms with Gasteiger partial charge in [-0.25, -0.2) is 9.67 Å². The number of H-pyrrole nitrogens is 1. The number of halogens is 4. The molecule has 0 aliphatic carbocycles. The smallest absolute Gasteiger partial charge is 0.364 e. The monoisotopic (exact) mass is 480 g/mol. The number of primary amides is 1. The van der Waals surface area contributed by atoms with Crippen LogP contribution in [-0.4, -0.2) is 31.6 Å². The van der Waals surface area contributed by atoms with Gasteiger partial charge in [0, 0.05) is 22.2 Å². The second-order valence-corrected chi connectivity index (χ2v) is 7.75. The van der Waals surface area contributed by atoms with Gasteiger partial charge in [-0.1, -0.05) is 11.6 Å². The van der Waals surface area contributed by atoms with Gasteiger partial charge in [0.15, 0.2) is 10.8 Å². The first-order valence-corrected chi connectivity index (χ1v) is 10.1. The number of alkyl halides is 3. The molecule has 32 heavy (non-hydrogen) atoms. The Morgan fingerprint density at radius 3 is 2.56 bits per heavy atom. The first-order valence-electron chi connectivity index (χ1n) is 8.80. The molecule has 8 nitrogen and oxygen atoms in total. The van der Waals surface area contributed by atoms with E-state index >= 15 is 0 Å². The van der Waals surface area contributed by atoms with Gasteiger partial charge in [-0.05, 0) is 30.3 Å². The molecule has 0 fully saturated rings. The Morgan fingerprint density at radius 1 is 1.22 bits per heavy atom. The molecule has 164 valence electrons. The van der Waals surface area contributed by atoms with Crippen LogP contribution in [0.15, 0.2) is 48.1 Å². The summed E-state index contributed by atoms with van der Waals surface area (Å²) in [6.45, 7) is 0. The highest BCUT2D eigenvalue weighted by Gasteiger charge is 2.40. The number of hydrogen-bond donors (Lipinski definition) is 3. The van der Waals surface area contributed by atoms with Gasteiger partial charge in [0.25, 0.3) is 11.8 Å². The second kappa shape index (κ2) is 8.13. The van der Waals surface area contributed by atoms with E-state index in [2.05, 4.69) is 20.4 Å². The van der Waals surface area contributed by atoms with Crippen molar-refractivity contribution in [1.82, 2.24) is 19.7 Å². The molecule has 0 saturated heterocycles. The highest BCUT2D eigenvalue weighted by atomic mass is 35.5. The van der Waals surface area contributed by atoms with E-state index in [-0.39, 0.29) is 16.5 Å². The summed E-state index contributed by atoms with van der Waals surface area (Å²) in [5.41, 5.74) is 4.49. The summed E-state index contributed by atoms with van der Waals surface area (Å²) < 4.78 is 42.0. The Balaban J connectivity index is 1.62. The fraction of sp³-hybridized carbons (Fsp3) is 0.0526. The Morgan fingerprint density at radius 2 is 1.94 bits per heavy atom. The quantitative estimate of drug-likeness (QED) is 0.393. The number of aromatic amines is 1. The zero-order chi connectivity index (χ0) is 23.0. The molecule has 13 heteroatoms. The third kappa shape index (κ3) is 4.22. The van der Waals surface area contributed by atoms with Gasteiger partial charge in [0.2, 0.25) is 0 Å². The molecule has 2 amide bonds. The summed E-state index contributed by atoms with van der Waals surface area (Å²) in [5.74, 6) is -1.68. The van der Waals surface area contributed by atoms with Crippen molar-refractivity contribution in [2.75, 3.05) is 5.32 Å². The average molecular weight is 481 g/mol. The van der Waals surface area contributed by atoms with Crippen LogP contribution >= 0.6 is 22.9 Å². The average Bonchev–Trinajstić information content (AvgIpc) is 3.46. The van der Waals surface area contributed by atoms with Crippen LogP contribution in [0.2, 0.25) is 5.02 Å². The van der Waals surface area contributed by atoms with E-state index in [9.17, 15) is 22.8 Å². The topological polar surface area (TPSA) is 119 Å². The fourth-order valence-corrected chi connectivity index (χ4v) is 3.72. The molecular formula is C19H12ClF3N6O2S. The van der Waals surface area contributed by atoms with Crippen LogP contribution in [0.3, 0.4) is 0 Å². The van der Waals surface area contributed by atoms with Crippen LogP contribution in [0.4, 0.5) is 18.3 Å². The molecule has 0 aliphatic heterocycles. The van der Waals surface area contributed by atoms with E-state index < -0.39 is 29.2 Å². The molecule has 4 N–H and O–H groups in total. The molecule has 0 bridgehead atoms. The van der Waals surface area contributed by atoms with Crippen LogP contribution in [0.25, 0.3) is 16.9 Å². The summed E-state index contributed by atoms with van der Waals surface area (Å²) in [4.78, 5) is 30.7. The van der Waals surface area contributed by atoms with E-state index in [0.717, 1.165) is 17.5 Å². The van der Waals surface area contributed by atoms with Crippen LogP contribution in [0.1, 0.15) is 26.5 Å².